The smallest absolute Gasteiger partial charge is 0.119 e. The lowest BCUT2D eigenvalue weighted by molar-refractivity contribution is 0.460. The Morgan fingerprint density at radius 2 is 2.20 bits per heavy atom. The second kappa shape index (κ2) is 5.12. The number of thiocarbonyl (C=S) groups is 1. The van der Waals surface area contributed by atoms with Crippen LogP contribution in [0.3, 0.4) is 0 Å². The number of hydrogen-bond donors (Lipinski definition) is 2. The zero-order valence-corrected chi connectivity index (χ0v) is 9.97. The number of nitrogens with two attached hydrogens (primary N) is 1. The molecule has 0 aliphatic rings. The third-order valence-electron chi connectivity index (χ3n) is 2.49. The van der Waals surface area contributed by atoms with E-state index in [4.69, 9.17) is 18.0 Å². The number of rotatable bonds is 4. The predicted molar refractivity (Wildman–Crippen MR) is 67.1 cm³/mol. The molecule has 0 radical (unpaired) electrons. The van der Waals surface area contributed by atoms with Crippen LogP contribution in [0.15, 0.2) is 18.2 Å². The van der Waals surface area contributed by atoms with Crippen molar-refractivity contribution in [2.24, 2.45) is 11.7 Å². The first-order valence-electron chi connectivity index (χ1n) is 5.06. The summed E-state index contributed by atoms with van der Waals surface area (Å²) >= 11 is 4.87. The molecule has 0 fully saturated rings. The van der Waals surface area contributed by atoms with Crippen molar-refractivity contribution in [2.75, 3.05) is 0 Å². The third-order valence-corrected chi connectivity index (χ3v) is 2.65. The molecule has 0 bridgehead atoms. The van der Waals surface area contributed by atoms with Gasteiger partial charge in [-0.1, -0.05) is 31.3 Å². The molecule has 2 nitrogen and oxygen atoms in total. The van der Waals surface area contributed by atoms with Crippen molar-refractivity contribution in [3.63, 3.8) is 0 Å². The van der Waals surface area contributed by atoms with Gasteiger partial charge in [0, 0.05) is 6.42 Å². The number of phenols is 1. The Hall–Kier alpha value is -1.09. The van der Waals surface area contributed by atoms with Crippen molar-refractivity contribution in [3.05, 3.63) is 29.3 Å². The first-order valence-corrected chi connectivity index (χ1v) is 5.47. The highest BCUT2D eigenvalue weighted by molar-refractivity contribution is 7.80. The lowest BCUT2D eigenvalue weighted by Gasteiger charge is -2.13. The molecule has 3 N–H and O–H groups in total. The minimum atomic E-state index is 0.366. The summed E-state index contributed by atoms with van der Waals surface area (Å²) in [6, 6.07) is 5.57. The van der Waals surface area contributed by atoms with Crippen LogP contribution in [0.25, 0.3) is 0 Å². The fraction of sp³-hybridized carbons (Fsp3) is 0.417. The van der Waals surface area contributed by atoms with Gasteiger partial charge in [-0.05, 0) is 36.5 Å². The Morgan fingerprint density at radius 1 is 1.53 bits per heavy atom. The summed E-state index contributed by atoms with van der Waals surface area (Å²) in [5.74, 6) is 0.735. The van der Waals surface area contributed by atoms with Gasteiger partial charge < -0.3 is 10.8 Å². The average molecular weight is 223 g/mol. The Balaban J connectivity index is 2.76. The molecule has 0 aliphatic carbocycles. The maximum atomic E-state index is 9.71. The van der Waals surface area contributed by atoms with Crippen LogP contribution < -0.4 is 5.73 Å². The van der Waals surface area contributed by atoms with Gasteiger partial charge in [0.2, 0.25) is 0 Å². The molecule has 1 aromatic carbocycles. The largest absolute Gasteiger partial charge is 0.508 e. The molecule has 0 saturated heterocycles. The van der Waals surface area contributed by atoms with E-state index in [1.807, 2.05) is 19.1 Å². The molecule has 0 aromatic heterocycles. The Bertz CT molecular complexity index is 342. The molecule has 0 aliphatic heterocycles. The van der Waals surface area contributed by atoms with E-state index >= 15 is 0 Å². The highest BCUT2D eigenvalue weighted by Gasteiger charge is 2.10. The van der Waals surface area contributed by atoms with E-state index in [0.29, 0.717) is 16.7 Å². The predicted octanol–water partition coefficient (Wildman–Crippen LogP) is 2.56. The van der Waals surface area contributed by atoms with E-state index < -0.39 is 0 Å². The van der Waals surface area contributed by atoms with Gasteiger partial charge in [0.1, 0.15) is 5.75 Å². The minimum absolute atomic E-state index is 0.366. The zero-order valence-electron chi connectivity index (χ0n) is 9.16. The minimum Gasteiger partial charge on any atom is -0.508 e. The summed E-state index contributed by atoms with van der Waals surface area (Å²) in [5, 5.41) is 9.71. The van der Waals surface area contributed by atoms with Crippen LogP contribution in [-0.4, -0.2) is 10.1 Å². The summed E-state index contributed by atoms with van der Waals surface area (Å²) in [6.45, 7) is 4.09. The standard InChI is InChI=1S/C12H17NOS/c1-8(7-12(13)15)6-10-9(2)4-3-5-11(10)14/h3-5,8,14H,6-7H2,1-2H3,(H2,13,15). The second-order valence-electron chi connectivity index (χ2n) is 4.05. The first kappa shape index (κ1) is 12.0. The SMILES string of the molecule is Cc1cccc(O)c1CC(C)CC(N)=S. The topological polar surface area (TPSA) is 46.2 Å². The first-order chi connectivity index (χ1) is 7.00. The third kappa shape index (κ3) is 3.51. The summed E-state index contributed by atoms with van der Waals surface area (Å²) in [6.07, 6.45) is 1.54. The summed E-state index contributed by atoms with van der Waals surface area (Å²) in [5.41, 5.74) is 7.61. The van der Waals surface area contributed by atoms with Gasteiger partial charge in [-0.3, -0.25) is 0 Å². The fourth-order valence-electron chi connectivity index (χ4n) is 1.72. The number of aromatic hydroxyl groups is 1. The summed E-state index contributed by atoms with van der Waals surface area (Å²) < 4.78 is 0. The second-order valence-corrected chi connectivity index (χ2v) is 4.58. The van der Waals surface area contributed by atoms with E-state index in [1.54, 1.807) is 6.07 Å². The molecular weight excluding hydrogens is 206 g/mol. The molecule has 0 heterocycles. The molecule has 15 heavy (non-hydrogen) atoms. The van der Waals surface area contributed by atoms with Gasteiger partial charge in [-0.15, -0.1) is 0 Å². The van der Waals surface area contributed by atoms with Crippen LogP contribution in [0.1, 0.15) is 24.5 Å². The number of benzene rings is 1. The summed E-state index contributed by atoms with van der Waals surface area (Å²) in [4.78, 5) is 0.538. The highest BCUT2D eigenvalue weighted by atomic mass is 32.1. The monoisotopic (exact) mass is 223 g/mol. The van der Waals surface area contributed by atoms with Crippen molar-refractivity contribution in [1.29, 1.82) is 0 Å². The molecule has 3 heteroatoms. The van der Waals surface area contributed by atoms with Crippen LogP contribution in [0.5, 0.6) is 5.75 Å². The fourth-order valence-corrected chi connectivity index (χ4v) is 2.00. The van der Waals surface area contributed by atoms with Crippen molar-refractivity contribution >= 4 is 17.2 Å². The quantitative estimate of drug-likeness (QED) is 0.771. The van der Waals surface area contributed by atoms with Gasteiger partial charge in [-0.2, -0.15) is 0 Å². The Kier molecular flexibility index (Phi) is 4.09. The molecule has 0 amide bonds. The van der Waals surface area contributed by atoms with E-state index in [-0.39, 0.29) is 0 Å². The maximum absolute atomic E-state index is 9.71. The number of phenolic OH excluding ortho intramolecular Hbond substituents is 1. The normalized spacial score (nSPS) is 12.4. The van der Waals surface area contributed by atoms with E-state index in [9.17, 15) is 5.11 Å². The van der Waals surface area contributed by atoms with Crippen LogP contribution in [0, 0.1) is 12.8 Å². The van der Waals surface area contributed by atoms with Crippen molar-refractivity contribution < 1.29 is 5.11 Å². The van der Waals surface area contributed by atoms with Crippen molar-refractivity contribution in [2.45, 2.75) is 26.7 Å². The van der Waals surface area contributed by atoms with E-state index in [1.165, 1.54) is 0 Å². The maximum Gasteiger partial charge on any atom is 0.119 e. The number of aryl methyl sites for hydroxylation is 1. The lowest BCUT2D eigenvalue weighted by atomic mass is 9.94. The Morgan fingerprint density at radius 3 is 2.73 bits per heavy atom. The van der Waals surface area contributed by atoms with Gasteiger partial charge in [-0.25, -0.2) is 0 Å². The van der Waals surface area contributed by atoms with Crippen LogP contribution in [-0.2, 0) is 6.42 Å². The van der Waals surface area contributed by atoms with Gasteiger partial charge in [0.05, 0.1) is 4.99 Å². The molecule has 1 rings (SSSR count). The zero-order chi connectivity index (χ0) is 11.4. The number of hydrogen-bond acceptors (Lipinski definition) is 2. The van der Waals surface area contributed by atoms with E-state index in [0.717, 1.165) is 24.0 Å². The summed E-state index contributed by atoms with van der Waals surface area (Å²) in [7, 11) is 0. The Labute approximate surface area is 96.1 Å². The molecular formula is C12H17NOS. The molecule has 1 aromatic rings. The van der Waals surface area contributed by atoms with Gasteiger partial charge >= 0.3 is 0 Å². The highest BCUT2D eigenvalue weighted by Crippen LogP contribution is 2.24. The molecule has 1 atom stereocenters. The lowest BCUT2D eigenvalue weighted by Crippen LogP contribution is -2.14. The molecule has 0 saturated carbocycles. The average Bonchev–Trinajstić information content (AvgIpc) is 2.10. The van der Waals surface area contributed by atoms with Gasteiger partial charge in [0.25, 0.3) is 0 Å². The van der Waals surface area contributed by atoms with Crippen LogP contribution >= 0.6 is 12.2 Å². The van der Waals surface area contributed by atoms with Crippen molar-refractivity contribution in [1.82, 2.24) is 0 Å². The molecule has 1 unspecified atom stereocenters. The van der Waals surface area contributed by atoms with Crippen LogP contribution in [0.2, 0.25) is 0 Å². The molecule has 82 valence electrons. The van der Waals surface area contributed by atoms with Crippen molar-refractivity contribution in [3.8, 4) is 5.75 Å². The van der Waals surface area contributed by atoms with Crippen LogP contribution in [0.4, 0.5) is 0 Å². The molecule has 0 spiro atoms. The van der Waals surface area contributed by atoms with Gasteiger partial charge in [0.15, 0.2) is 0 Å². The van der Waals surface area contributed by atoms with E-state index in [2.05, 4.69) is 6.92 Å².